The van der Waals surface area contributed by atoms with Crippen molar-refractivity contribution in [2.24, 2.45) is 0 Å². The van der Waals surface area contributed by atoms with E-state index in [2.05, 4.69) is 43.6 Å². The molecule has 0 unspecified atom stereocenters. The molecule has 0 N–H and O–H groups in total. The highest BCUT2D eigenvalue weighted by atomic mass is 16.5. The van der Waals surface area contributed by atoms with Gasteiger partial charge in [-0.1, -0.05) is 22.9 Å². The topological polar surface area (TPSA) is 60.0 Å². The Hall–Kier alpha value is -2.47. The number of aryl methyl sites for hydroxylation is 1. The van der Waals surface area contributed by atoms with Crippen molar-refractivity contribution in [3.8, 4) is 11.5 Å². The van der Waals surface area contributed by atoms with Crippen molar-refractivity contribution in [3.05, 3.63) is 53.4 Å². The van der Waals surface area contributed by atoms with E-state index in [1.165, 1.54) is 29.8 Å². The molecule has 1 saturated carbocycles. The minimum Gasteiger partial charge on any atom is -0.334 e. The van der Waals surface area contributed by atoms with Crippen molar-refractivity contribution in [2.45, 2.75) is 45.3 Å². The summed E-state index contributed by atoms with van der Waals surface area (Å²) in [5.74, 6) is 1.33. The summed E-state index contributed by atoms with van der Waals surface area (Å²) in [6.07, 6.45) is 5.68. The maximum absolute atomic E-state index is 5.45. The molecule has 0 saturated heterocycles. The maximum Gasteiger partial charge on any atom is 0.257 e. The van der Waals surface area contributed by atoms with Gasteiger partial charge in [-0.25, -0.2) is 4.98 Å². The lowest BCUT2D eigenvalue weighted by Crippen LogP contribution is -2.31. The summed E-state index contributed by atoms with van der Waals surface area (Å²) in [6.45, 7) is 4.64. The molecule has 0 bridgehead atoms. The summed E-state index contributed by atoms with van der Waals surface area (Å²) in [5.41, 5.74) is 4.79. The van der Waals surface area contributed by atoms with Crippen LogP contribution in [-0.4, -0.2) is 31.1 Å². The fourth-order valence-corrected chi connectivity index (χ4v) is 3.60. The predicted octanol–water partition coefficient (Wildman–Crippen LogP) is 3.13. The first-order chi connectivity index (χ1) is 12.3. The zero-order valence-electron chi connectivity index (χ0n) is 14.4. The van der Waals surface area contributed by atoms with E-state index >= 15 is 0 Å². The number of hydrogen-bond donors (Lipinski definition) is 0. The second kappa shape index (κ2) is 5.81. The first-order valence-electron chi connectivity index (χ1n) is 8.93. The minimum absolute atomic E-state index is 0.592. The average molecular weight is 335 g/mol. The Labute approximate surface area is 146 Å². The van der Waals surface area contributed by atoms with Crippen LogP contribution < -0.4 is 0 Å². The standard InChI is InChI=1S/C19H21N5O/c1-13-3-2-4-14(9-13)19-21-18(22-25-19)11-23-8-7-17-16(10-23)20-12-24(17)15-5-6-15/h2-4,9,12,15H,5-8,10-11H2,1H3. The van der Waals surface area contributed by atoms with Crippen LogP contribution in [0.3, 0.4) is 0 Å². The number of rotatable bonds is 4. The number of benzene rings is 1. The number of fused-ring (bicyclic) bond motifs is 1. The molecule has 0 radical (unpaired) electrons. The summed E-state index contributed by atoms with van der Waals surface area (Å²) < 4.78 is 7.84. The Balaban J connectivity index is 1.30. The molecule has 3 aromatic rings. The Bertz CT molecular complexity index is 908. The second-order valence-electron chi connectivity index (χ2n) is 7.12. The van der Waals surface area contributed by atoms with E-state index < -0.39 is 0 Å². The van der Waals surface area contributed by atoms with Gasteiger partial charge in [0.05, 0.1) is 18.6 Å². The van der Waals surface area contributed by atoms with Gasteiger partial charge in [-0.15, -0.1) is 0 Å². The van der Waals surface area contributed by atoms with Gasteiger partial charge in [-0.3, -0.25) is 4.90 Å². The molecule has 1 aromatic carbocycles. The lowest BCUT2D eigenvalue weighted by Gasteiger charge is -2.25. The van der Waals surface area contributed by atoms with E-state index in [9.17, 15) is 0 Å². The SMILES string of the molecule is Cc1cccc(-c2nc(CN3CCc4c(ncn4C4CC4)C3)no2)c1. The Morgan fingerprint density at radius 1 is 1.28 bits per heavy atom. The Morgan fingerprint density at radius 2 is 2.20 bits per heavy atom. The van der Waals surface area contributed by atoms with Crippen LogP contribution >= 0.6 is 0 Å². The molecule has 3 heterocycles. The van der Waals surface area contributed by atoms with Gasteiger partial charge in [0.25, 0.3) is 5.89 Å². The van der Waals surface area contributed by atoms with Gasteiger partial charge in [0.15, 0.2) is 5.82 Å². The third-order valence-electron chi connectivity index (χ3n) is 5.06. The van der Waals surface area contributed by atoms with Gasteiger partial charge >= 0.3 is 0 Å². The van der Waals surface area contributed by atoms with Gasteiger partial charge < -0.3 is 9.09 Å². The largest absolute Gasteiger partial charge is 0.334 e. The Morgan fingerprint density at radius 3 is 3.04 bits per heavy atom. The van der Waals surface area contributed by atoms with E-state index in [1.807, 2.05) is 18.5 Å². The monoisotopic (exact) mass is 335 g/mol. The molecule has 128 valence electrons. The summed E-state index contributed by atoms with van der Waals surface area (Å²) in [4.78, 5) is 11.5. The summed E-state index contributed by atoms with van der Waals surface area (Å²) in [6, 6.07) is 8.85. The van der Waals surface area contributed by atoms with Crippen molar-refractivity contribution in [1.29, 1.82) is 0 Å². The molecule has 2 aromatic heterocycles. The minimum atomic E-state index is 0.592. The van der Waals surface area contributed by atoms with Gasteiger partial charge in [-0.05, 0) is 31.9 Å². The molecule has 1 fully saturated rings. The van der Waals surface area contributed by atoms with E-state index in [0.29, 0.717) is 18.5 Å². The molecule has 0 atom stereocenters. The van der Waals surface area contributed by atoms with Crippen LogP contribution in [0, 0.1) is 6.92 Å². The van der Waals surface area contributed by atoms with Crippen LogP contribution in [0.5, 0.6) is 0 Å². The van der Waals surface area contributed by atoms with Crippen LogP contribution in [0.25, 0.3) is 11.5 Å². The second-order valence-corrected chi connectivity index (χ2v) is 7.12. The van der Waals surface area contributed by atoms with Crippen molar-refractivity contribution >= 4 is 0 Å². The molecule has 1 aliphatic heterocycles. The van der Waals surface area contributed by atoms with Crippen molar-refractivity contribution in [2.75, 3.05) is 6.54 Å². The number of nitrogens with zero attached hydrogens (tertiary/aromatic N) is 5. The predicted molar refractivity (Wildman–Crippen MR) is 92.8 cm³/mol. The van der Waals surface area contributed by atoms with Crippen LogP contribution in [0.4, 0.5) is 0 Å². The molecule has 0 spiro atoms. The molecule has 2 aliphatic rings. The van der Waals surface area contributed by atoms with Crippen molar-refractivity contribution in [1.82, 2.24) is 24.6 Å². The lowest BCUT2D eigenvalue weighted by molar-refractivity contribution is 0.230. The molecular formula is C19H21N5O. The fraction of sp³-hybridized carbons (Fsp3) is 0.421. The highest BCUT2D eigenvalue weighted by Gasteiger charge is 2.29. The third kappa shape index (κ3) is 2.87. The lowest BCUT2D eigenvalue weighted by atomic mass is 10.1. The summed E-state index contributed by atoms with van der Waals surface area (Å²) >= 11 is 0. The maximum atomic E-state index is 5.45. The summed E-state index contributed by atoms with van der Waals surface area (Å²) in [7, 11) is 0. The third-order valence-corrected chi connectivity index (χ3v) is 5.06. The molecule has 6 nitrogen and oxygen atoms in total. The van der Waals surface area contributed by atoms with Gasteiger partial charge in [0.1, 0.15) is 0 Å². The smallest absolute Gasteiger partial charge is 0.257 e. The van der Waals surface area contributed by atoms with Crippen molar-refractivity contribution < 1.29 is 4.52 Å². The first-order valence-corrected chi connectivity index (χ1v) is 8.93. The highest BCUT2D eigenvalue weighted by molar-refractivity contribution is 5.53. The van der Waals surface area contributed by atoms with Gasteiger partial charge in [0, 0.05) is 36.8 Å². The number of hydrogen-bond acceptors (Lipinski definition) is 5. The molecular weight excluding hydrogens is 314 g/mol. The van der Waals surface area contributed by atoms with Crippen LogP contribution in [0.1, 0.15) is 41.7 Å². The quantitative estimate of drug-likeness (QED) is 0.733. The van der Waals surface area contributed by atoms with E-state index in [0.717, 1.165) is 30.9 Å². The normalized spacial score (nSPS) is 17.6. The molecule has 0 amide bonds. The molecule has 5 rings (SSSR count). The average Bonchev–Trinajstić information content (AvgIpc) is 3.20. The number of aromatic nitrogens is 4. The van der Waals surface area contributed by atoms with Gasteiger partial charge in [-0.2, -0.15) is 4.98 Å². The highest BCUT2D eigenvalue weighted by Crippen LogP contribution is 2.37. The van der Waals surface area contributed by atoms with Crippen LogP contribution in [0.2, 0.25) is 0 Å². The van der Waals surface area contributed by atoms with Gasteiger partial charge in [0.2, 0.25) is 0 Å². The molecule has 1 aliphatic carbocycles. The fourth-order valence-electron chi connectivity index (χ4n) is 3.60. The van der Waals surface area contributed by atoms with Crippen LogP contribution in [0.15, 0.2) is 35.1 Å². The van der Waals surface area contributed by atoms with Crippen molar-refractivity contribution in [3.63, 3.8) is 0 Å². The van der Waals surface area contributed by atoms with E-state index in [4.69, 9.17) is 4.52 Å². The molecule has 25 heavy (non-hydrogen) atoms. The van der Waals surface area contributed by atoms with Crippen LogP contribution in [-0.2, 0) is 19.5 Å². The molecule has 6 heteroatoms. The van der Waals surface area contributed by atoms with E-state index in [1.54, 1.807) is 0 Å². The Kier molecular flexibility index (Phi) is 3.45. The number of imidazole rings is 1. The first kappa shape index (κ1) is 14.8. The van der Waals surface area contributed by atoms with E-state index in [-0.39, 0.29) is 0 Å². The zero-order valence-corrected chi connectivity index (χ0v) is 14.4. The zero-order chi connectivity index (χ0) is 16.8. The summed E-state index contributed by atoms with van der Waals surface area (Å²) in [5, 5.41) is 4.16.